The molecule has 1 atom stereocenters. The molecule has 1 spiro atoms. The number of nitrogens with zero attached hydrogens (tertiary/aromatic N) is 3. The molecule has 0 amide bonds. The lowest BCUT2D eigenvalue weighted by Crippen LogP contribution is -2.53. The molecule has 1 unspecified atom stereocenters. The van der Waals surface area contributed by atoms with Crippen LogP contribution in [0.2, 0.25) is 0 Å². The van der Waals surface area contributed by atoms with E-state index in [1.54, 1.807) is 23.0 Å². The topological polar surface area (TPSA) is 73.7 Å². The Kier molecular flexibility index (Phi) is 7.01. The number of pyridine rings is 1. The van der Waals surface area contributed by atoms with Crippen LogP contribution in [0.3, 0.4) is 0 Å². The van der Waals surface area contributed by atoms with Crippen molar-refractivity contribution in [2.24, 2.45) is 5.41 Å². The average molecular weight is 554 g/mol. The Morgan fingerprint density at radius 3 is 2.45 bits per heavy atom. The molecule has 214 valence electrons. The number of benzene rings is 1. The number of esters is 1. The van der Waals surface area contributed by atoms with Crippen molar-refractivity contribution in [3.63, 3.8) is 0 Å². The highest BCUT2D eigenvalue weighted by molar-refractivity contribution is 5.94. The molecule has 0 radical (unpaired) electrons. The van der Waals surface area contributed by atoms with Crippen molar-refractivity contribution < 1.29 is 27.8 Å². The van der Waals surface area contributed by atoms with E-state index in [1.807, 2.05) is 39.8 Å². The fourth-order valence-corrected chi connectivity index (χ4v) is 6.54. The zero-order valence-corrected chi connectivity index (χ0v) is 24.0. The number of alkyl halides is 2. The molecule has 5 rings (SSSR count). The number of carbonyl (C=O) groups excluding carboxylic acids is 2. The Hall–Kier alpha value is -3.33. The maximum absolute atomic E-state index is 14.0. The van der Waals surface area contributed by atoms with Crippen LogP contribution in [-0.2, 0) is 16.0 Å². The first-order valence-corrected chi connectivity index (χ1v) is 13.7. The monoisotopic (exact) mass is 553 g/mol. The van der Waals surface area contributed by atoms with Crippen LogP contribution in [0.4, 0.5) is 13.6 Å². The highest BCUT2D eigenvalue weighted by atomic mass is 19.3. The van der Waals surface area contributed by atoms with E-state index in [2.05, 4.69) is 22.9 Å². The number of hydrogen-bond donors (Lipinski definition) is 0. The van der Waals surface area contributed by atoms with Crippen LogP contribution in [0, 0.1) is 19.3 Å². The standard InChI is InChI=1S/C31H37F2N3O4/c1-19-13-20(2)26-22(9-11-36(26)28(38)40-29(3,4)5)23(19)16-35-12-10-30(17-31(32,33)18-30)14-25(35)21-7-8-24(34-15-21)27(37)39-6/h7-9,11,13,15,25H,10,12,14,16-18H2,1-6H3. The molecule has 40 heavy (non-hydrogen) atoms. The molecule has 1 saturated carbocycles. The van der Waals surface area contributed by atoms with Gasteiger partial charge < -0.3 is 9.47 Å². The van der Waals surface area contributed by atoms with E-state index in [0.717, 1.165) is 33.2 Å². The van der Waals surface area contributed by atoms with Gasteiger partial charge in [0.1, 0.15) is 11.3 Å². The number of piperidine rings is 1. The van der Waals surface area contributed by atoms with Gasteiger partial charge >= 0.3 is 12.1 Å². The summed E-state index contributed by atoms with van der Waals surface area (Å²) in [6.07, 6.45) is 4.09. The lowest BCUT2D eigenvalue weighted by molar-refractivity contribution is -0.186. The summed E-state index contributed by atoms with van der Waals surface area (Å²) in [5.41, 5.74) is 4.03. The smallest absolute Gasteiger partial charge is 0.418 e. The SMILES string of the molecule is COC(=O)c1ccc(C2CC3(CCN2Cc2c(C)cc(C)c4c2ccn4C(=O)OC(C)(C)C)CC(F)(F)C3)cn1. The van der Waals surface area contributed by atoms with Crippen LogP contribution in [0.1, 0.15) is 85.2 Å². The summed E-state index contributed by atoms with van der Waals surface area (Å²) in [4.78, 5) is 31.6. The number of hydrogen-bond acceptors (Lipinski definition) is 6. The van der Waals surface area contributed by atoms with Crippen LogP contribution in [-0.4, -0.2) is 51.7 Å². The summed E-state index contributed by atoms with van der Waals surface area (Å²) in [5.74, 6) is -3.13. The minimum atomic E-state index is -2.61. The van der Waals surface area contributed by atoms with Gasteiger partial charge in [-0.1, -0.05) is 12.1 Å². The van der Waals surface area contributed by atoms with Crippen molar-refractivity contribution in [3.8, 4) is 0 Å². The van der Waals surface area contributed by atoms with Crippen LogP contribution < -0.4 is 0 Å². The molecule has 1 aromatic carbocycles. The maximum Gasteiger partial charge on any atom is 0.418 e. The van der Waals surface area contributed by atoms with E-state index in [4.69, 9.17) is 9.47 Å². The molecule has 7 nitrogen and oxygen atoms in total. The third kappa shape index (κ3) is 5.36. The van der Waals surface area contributed by atoms with Crippen LogP contribution in [0.5, 0.6) is 0 Å². The minimum absolute atomic E-state index is 0.0927. The lowest BCUT2D eigenvalue weighted by atomic mass is 9.59. The number of aromatic nitrogens is 2. The predicted octanol–water partition coefficient (Wildman–Crippen LogP) is 6.98. The van der Waals surface area contributed by atoms with Gasteiger partial charge in [-0.05, 0) is 93.8 Å². The maximum atomic E-state index is 14.0. The zero-order valence-electron chi connectivity index (χ0n) is 24.0. The first-order chi connectivity index (χ1) is 18.7. The largest absolute Gasteiger partial charge is 0.464 e. The number of aryl methyl sites for hydroxylation is 2. The van der Waals surface area contributed by atoms with Crippen LogP contribution in [0.25, 0.3) is 10.9 Å². The Morgan fingerprint density at radius 1 is 1.12 bits per heavy atom. The second-order valence-electron chi connectivity index (χ2n) is 12.5. The summed E-state index contributed by atoms with van der Waals surface area (Å²) in [6, 6.07) is 7.37. The molecule has 2 aromatic heterocycles. The summed E-state index contributed by atoms with van der Waals surface area (Å²) >= 11 is 0. The highest BCUT2D eigenvalue weighted by Gasteiger charge is 2.58. The van der Waals surface area contributed by atoms with E-state index in [1.165, 1.54) is 7.11 Å². The van der Waals surface area contributed by atoms with E-state index >= 15 is 0 Å². The Morgan fingerprint density at radius 2 is 1.85 bits per heavy atom. The Labute approximate surface area is 233 Å². The van der Waals surface area contributed by atoms with Crippen LogP contribution >= 0.6 is 0 Å². The molecule has 0 N–H and O–H groups in total. The average Bonchev–Trinajstić information content (AvgIpc) is 3.31. The first-order valence-electron chi connectivity index (χ1n) is 13.7. The fourth-order valence-electron chi connectivity index (χ4n) is 6.54. The quantitative estimate of drug-likeness (QED) is 0.325. The molecule has 3 aromatic rings. The molecule has 3 heterocycles. The predicted molar refractivity (Wildman–Crippen MR) is 148 cm³/mol. The summed E-state index contributed by atoms with van der Waals surface area (Å²) in [6.45, 7) is 10.8. The molecule has 1 saturated heterocycles. The number of fused-ring (bicyclic) bond motifs is 1. The van der Waals surface area contributed by atoms with Gasteiger partial charge in [0.2, 0.25) is 5.92 Å². The lowest BCUT2D eigenvalue weighted by Gasteiger charge is -2.54. The molecule has 1 aliphatic heterocycles. The van der Waals surface area contributed by atoms with Crippen molar-refractivity contribution in [2.45, 2.75) is 84.4 Å². The molecular weight excluding hydrogens is 516 g/mol. The van der Waals surface area contributed by atoms with Crippen molar-refractivity contribution in [1.29, 1.82) is 0 Å². The van der Waals surface area contributed by atoms with Gasteiger partial charge in [0.05, 0.1) is 12.6 Å². The minimum Gasteiger partial charge on any atom is -0.464 e. The third-order valence-electron chi connectivity index (χ3n) is 8.27. The second kappa shape index (κ2) is 9.94. The van der Waals surface area contributed by atoms with Gasteiger partial charge in [-0.3, -0.25) is 9.47 Å². The normalized spacial score (nSPS) is 20.4. The number of carbonyl (C=O) groups is 2. The Bertz CT molecular complexity index is 1450. The molecule has 0 bridgehead atoms. The van der Waals surface area contributed by atoms with E-state index in [9.17, 15) is 18.4 Å². The van der Waals surface area contributed by atoms with Crippen molar-refractivity contribution >= 4 is 23.0 Å². The van der Waals surface area contributed by atoms with Crippen molar-refractivity contribution in [2.75, 3.05) is 13.7 Å². The van der Waals surface area contributed by atoms with Gasteiger partial charge in [-0.25, -0.2) is 23.4 Å². The molecule has 9 heteroatoms. The second-order valence-corrected chi connectivity index (χ2v) is 12.5. The van der Waals surface area contributed by atoms with Gasteiger partial charge in [0, 0.05) is 43.2 Å². The molecule has 2 aliphatic rings. The number of methoxy groups -OCH3 is 1. The van der Waals surface area contributed by atoms with E-state index in [0.29, 0.717) is 25.9 Å². The van der Waals surface area contributed by atoms with E-state index < -0.39 is 29.0 Å². The summed E-state index contributed by atoms with van der Waals surface area (Å²) in [7, 11) is 1.31. The molecule has 2 fully saturated rings. The first kappa shape index (κ1) is 28.2. The van der Waals surface area contributed by atoms with Gasteiger partial charge in [0.15, 0.2) is 0 Å². The number of halogens is 2. The van der Waals surface area contributed by atoms with Crippen molar-refractivity contribution in [3.05, 3.63) is 64.6 Å². The number of likely N-dealkylation sites (tertiary alicyclic amines) is 1. The fraction of sp³-hybridized carbons (Fsp3) is 0.516. The van der Waals surface area contributed by atoms with E-state index in [-0.39, 0.29) is 24.6 Å². The third-order valence-corrected chi connectivity index (χ3v) is 8.27. The van der Waals surface area contributed by atoms with Gasteiger partial charge in [0.25, 0.3) is 0 Å². The summed E-state index contributed by atoms with van der Waals surface area (Å²) < 4.78 is 40.1. The summed E-state index contributed by atoms with van der Waals surface area (Å²) in [5, 5.41) is 0.969. The number of ether oxygens (including phenoxy) is 2. The Balaban J connectivity index is 1.50. The zero-order chi connectivity index (χ0) is 29.0. The molecule has 1 aliphatic carbocycles. The van der Waals surface area contributed by atoms with Gasteiger partial charge in [-0.2, -0.15) is 0 Å². The number of rotatable bonds is 4. The molecular formula is C31H37F2N3O4. The van der Waals surface area contributed by atoms with Gasteiger partial charge in [-0.15, -0.1) is 0 Å². The van der Waals surface area contributed by atoms with Crippen molar-refractivity contribution in [1.82, 2.24) is 14.5 Å². The van der Waals surface area contributed by atoms with Crippen LogP contribution in [0.15, 0.2) is 36.7 Å². The highest BCUT2D eigenvalue weighted by Crippen LogP contribution is 2.60.